The fourth-order valence-corrected chi connectivity index (χ4v) is 2.91. The average Bonchev–Trinajstić information content (AvgIpc) is 2.78. The van der Waals surface area contributed by atoms with E-state index in [1.807, 2.05) is 67.6 Å². The first-order valence-electron chi connectivity index (χ1n) is 9.39. The molecule has 0 saturated carbocycles. The van der Waals surface area contributed by atoms with E-state index >= 15 is 0 Å². The lowest BCUT2D eigenvalue weighted by Gasteiger charge is -2.19. The Morgan fingerprint density at radius 2 is 1.76 bits per heavy atom. The van der Waals surface area contributed by atoms with Crippen LogP contribution < -0.4 is 20.5 Å². The molecule has 0 saturated heterocycles. The van der Waals surface area contributed by atoms with Crippen LogP contribution in [-0.2, 0) is 11.4 Å². The molecule has 6 heteroatoms. The smallest absolute Gasteiger partial charge is 0.241 e. The topological polar surface area (TPSA) is 86.5 Å². The minimum atomic E-state index is -0.719. The van der Waals surface area contributed by atoms with E-state index in [1.165, 1.54) is 0 Å². The second-order valence-electron chi connectivity index (χ2n) is 6.67. The minimum absolute atomic E-state index is 0.235. The van der Waals surface area contributed by atoms with Crippen LogP contribution in [0.3, 0.4) is 0 Å². The number of nitrogens with zero attached hydrogens (tertiary/aromatic N) is 1. The van der Waals surface area contributed by atoms with Gasteiger partial charge in [0, 0.05) is 12.4 Å². The zero-order valence-corrected chi connectivity index (χ0v) is 16.5. The van der Waals surface area contributed by atoms with Crippen molar-refractivity contribution in [2.75, 3.05) is 7.11 Å². The Kier molecular flexibility index (Phi) is 6.81. The standard InChI is InChI=1S/C23H25N3O3/c1-16(26-23(27)22(24)18-6-4-3-5-7-18)19-8-9-20(21(14-19)28-2)29-15-17-10-12-25-13-11-17/h3-14,16,22H,15,24H2,1-2H3,(H,26,27)/t16-,22-/m1/s1. The first-order chi connectivity index (χ1) is 14.1. The number of nitrogens with two attached hydrogens (primary N) is 1. The number of hydrogen-bond acceptors (Lipinski definition) is 5. The van der Waals surface area contributed by atoms with Gasteiger partial charge >= 0.3 is 0 Å². The number of nitrogens with one attached hydrogen (secondary N) is 1. The van der Waals surface area contributed by atoms with Gasteiger partial charge in [-0.3, -0.25) is 9.78 Å². The lowest BCUT2D eigenvalue weighted by atomic mass is 10.0. The maximum absolute atomic E-state index is 12.5. The number of benzene rings is 2. The maximum atomic E-state index is 12.5. The van der Waals surface area contributed by atoms with E-state index in [-0.39, 0.29) is 11.9 Å². The molecule has 2 atom stereocenters. The maximum Gasteiger partial charge on any atom is 0.241 e. The molecule has 0 fully saturated rings. The van der Waals surface area contributed by atoms with Crippen LogP contribution in [0.15, 0.2) is 73.1 Å². The van der Waals surface area contributed by atoms with Crippen LogP contribution in [0.5, 0.6) is 11.5 Å². The Balaban J connectivity index is 1.66. The molecule has 29 heavy (non-hydrogen) atoms. The lowest BCUT2D eigenvalue weighted by Crippen LogP contribution is -2.35. The molecule has 0 radical (unpaired) electrons. The van der Waals surface area contributed by atoms with Crippen molar-refractivity contribution in [3.05, 3.63) is 89.7 Å². The molecule has 0 aliphatic rings. The molecule has 1 aromatic heterocycles. The van der Waals surface area contributed by atoms with Gasteiger partial charge in [-0.2, -0.15) is 0 Å². The van der Waals surface area contributed by atoms with Crippen LogP contribution in [0, 0.1) is 0 Å². The zero-order valence-electron chi connectivity index (χ0n) is 16.5. The molecule has 0 bridgehead atoms. The van der Waals surface area contributed by atoms with Gasteiger partial charge in [-0.05, 0) is 47.9 Å². The van der Waals surface area contributed by atoms with E-state index in [9.17, 15) is 4.79 Å². The number of carbonyl (C=O) groups excluding carboxylic acids is 1. The van der Waals surface area contributed by atoms with Gasteiger partial charge in [0.1, 0.15) is 12.6 Å². The summed E-state index contributed by atoms with van der Waals surface area (Å²) in [5.41, 5.74) is 8.76. The Hall–Kier alpha value is -3.38. The quantitative estimate of drug-likeness (QED) is 0.613. The number of ether oxygens (including phenoxy) is 2. The van der Waals surface area contributed by atoms with Gasteiger partial charge < -0.3 is 20.5 Å². The first-order valence-corrected chi connectivity index (χ1v) is 9.39. The van der Waals surface area contributed by atoms with Gasteiger partial charge in [0.15, 0.2) is 11.5 Å². The summed E-state index contributed by atoms with van der Waals surface area (Å²) in [5.74, 6) is 0.998. The Morgan fingerprint density at radius 3 is 2.45 bits per heavy atom. The van der Waals surface area contributed by atoms with Crippen LogP contribution >= 0.6 is 0 Å². The Morgan fingerprint density at radius 1 is 1.03 bits per heavy atom. The van der Waals surface area contributed by atoms with E-state index in [1.54, 1.807) is 19.5 Å². The second-order valence-corrected chi connectivity index (χ2v) is 6.67. The fraction of sp³-hybridized carbons (Fsp3) is 0.217. The van der Waals surface area contributed by atoms with Crippen molar-refractivity contribution in [3.63, 3.8) is 0 Å². The Bertz CT molecular complexity index is 933. The van der Waals surface area contributed by atoms with Gasteiger partial charge in [-0.1, -0.05) is 36.4 Å². The molecule has 0 aliphatic heterocycles. The summed E-state index contributed by atoms with van der Waals surface area (Å²) < 4.78 is 11.3. The van der Waals surface area contributed by atoms with E-state index in [2.05, 4.69) is 10.3 Å². The van der Waals surface area contributed by atoms with Crippen molar-refractivity contribution in [1.29, 1.82) is 0 Å². The summed E-state index contributed by atoms with van der Waals surface area (Å²) in [6, 6.07) is 17.7. The summed E-state index contributed by atoms with van der Waals surface area (Å²) in [5, 5.41) is 2.96. The third kappa shape index (κ3) is 5.33. The highest BCUT2D eigenvalue weighted by Crippen LogP contribution is 2.31. The monoisotopic (exact) mass is 391 g/mol. The molecule has 1 heterocycles. The number of aromatic nitrogens is 1. The highest BCUT2D eigenvalue weighted by molar-refractivity contribution is 5.83. The number of carbonyl (C=O) groups is 1. The molecule has 3 aromatic rings. The number of rotatable bonds is 8. The highest BCUT2D eigenvalue weighted by atomic mass is 16.5. The molecular formula is C23H25N3O3. The predicted octanol–water partition coefficient (Wildman–Crippen LogP) is 3.55. The third-order valence-corrected chi connectivity index (χ3v) is 4.63. The second kappa shape index (κ2) is 9.71. The number of hydrogen-bond donors (Lipinski definition) is 2. The summed E-state index contributed by atoms with van der Waals surface area (Å²) in [6.07, 6.45) is 3.45. The predicted molar refractivity (Wildman–Crippen MR) is 111 cm³/mol. The molecular weight excluding hydrogens is 366 g/mol. The minimum Gasteiger partial charge on any atom is -0.493 e. The zero-order chi connectivity index (χ0) is 20.6. The Labute approximate surface area is 170 Å². The van der Waals surface area contributed by atoms with E-state index in [0.717, 1.165) is 16.7 Å². The molecule has 0 spiro atoms. The van der Waals surface area contributed by atoms with Crippen molar-refractivity contribution in [3.8, 4) is 11.5 Å². The van der Waals surface area contributed by atoms with Crippen LogP contribution in [0.1, 0.15) is 35.7 Å². The summed E-state index contributed by atoms with van der Waals surface area (Å²) in [4.78, 5) is 16.5. The van der Waals surface area contributed by atoms with Crippen molar-refractivity contribution in [2.24, 2.45) is 5.73 Å². The van der Waals surface area contributed by atoms with Crippen LogP contribution in [0.25, 0.3) is 0 Å². The summed E-state index contributed by atoms with van der Waals surface area (Å²) in [6.45, 7) is 2.32. The largest absolute Gasteiger partial charge is 0.493 e. The lowest BCUT2D eigenvalue weighted by molar-refractivity contribution is -0.123. The van der Waals surface area contributed by atoms with Crippen molar-refractivity contribution in [1.82, 2.24) is 10.3 Å². The number of pyridine rings is 1. The van der Waals surface area contributed by atoms with Gasteiger partial charge in [-0.15, -0.1) is 0 Å². The van der Waals surface area contributed by atoms with Crippen LogP contribution in [0.2, 0.25) is 0 Å². The molecule has 0 aliphatic carbocycles. The van der Waals surface area contributed by atoms with Gasteiger partial charge in [0.25, 0.3) is 0 Å². The molecule has 1 amide bonds. The van der Waals surface area contributed by atoms with Crippen molar-refractivity contribution < 1.29 is 14.3 Å². The SMILES string of the molecule is COc1cc([C@@H](C)NC(=O)[C@H](N)c2ccccc2)ccc1OCc1ccncc1. The normalized spacial score (nSPS) is 12.7. The summed E-state index contributed by atoms with van der Waals surface area (Å²) in [7, 11) is 1.59. The summed E-state index contributed by atoms with van der Waals surface area (Å²) >= 11 is 0. The fourth-order valence-electron chi connectivity index (χ4n) is 2.91. The van der Waals surface area contributed by atoms with Gasteiger partial charge in [-0.25, -0.2) is 0 Å². The van der Waals surface area contributed by atoms with E-state index in [0.29, 0.717) is 18.1 Å². The van der Waals surface area contributed by atoms with E-state index < -0.39 is 6.04 Å². The molecule has 6 nitrogen and oxygen atoms in total. The van der Waals surface area contributed by atoms with Crippen molar-refractivity contribution >= 4 is 5.91 Å². The first kappa shape index (κ1) is 20.4. The van der Waals surface area contributed by atoms with Crippen molar-refractivity contribution in [2.45, 2.75) is 25.6 Å². The molecule has 150 valence electrons. The number of methoxy groups -OCH3 is 1. The highest BCUT2D eigenvalue weighted by Gasteiger charge is 2.19. The average molecular weight is 391 g/mol. The molecule has 0 unspecified atom stereocenters. The van der Waals surface area contributed by atoms with Gasteiger partial charge in [0.05, 0.1) is 13.2 Å². The molecule has 2 aromatic carbocycles. The van der Waals surface area contributed by atoms with Crippen LogP contribution in [-0.4, -0.2) is 18.0 Å². The molecule has 3 rings (SSSR count). The molecule has 3 N–H and O–H groups in total. The van der Waals surface area contributed by atoms with Gasteiger partial charge in [0.2, 0.25) is 5.91 Å². The number of amides is 1. The van der Waals surface area contributed by atoms with Crippen LogP contribution in [0.4, 0.5) is 0 Å². The third-order valence-electron chi connectivity index (χ3n) is 4.63. The van der Waals surface area contributed by atoms with E-state index in [4.69, 9.17) is 15.2 Å².